The van der Waals surface area contributed by atoms with Gasteiger partial charge in [-0.1, -0.05) is 97.1 Å². The van der Waals surface area contributed by atoms with E-state index in [1.54, 1.807) is 28.7 Å². The number of benzene rings is 3. The van der Waals surface area contributed by atoms with Gasteiger partial charge in [-0.15, -0.1) is 0 Å². The molecule has 6 fully saturated rings. The van der Waals surface area contributed by atoms with Crippen LogP contribution in [0.1, 0.15) is 87.8 Å². The molecule has 116 heavy (non-hydrogen) atoms. The molecule has 1 saturated carbocycles. The number of imidazole rings is 3. The molecule has 5 saturated heterocycles. The van der Waals surface area contributed by atoms with Crippen molar-refractivity contribution < 1.29 is 86.8 Å². The molecule has 1 aliphatic carbocycles. The highest BCUT2D eigenvalue weighted by atomic mass is 32.1. The second-order valence-electron chi connectivity index (χ2n) is 26.6. The number of nitrogens with zero attached hydrogens (tertiary/aromatic N) is 12. The Hall–Kier alpha value is -12.2. The molecule has 0 bridgehead atoms. The van der Waals surface area contributed by atoms with Crippen LogP contribution in [-0.2, 0) is 57.1 Å². The third-order valence-electron chi connectivity index (χ3n) is 18.9. The summed E-state index contributed by atoms with van der Waals surface area (Å²) in [7, 11) is 0. The Kier molecular flexibility index (Phi) is 27.0. The van der Waals surface area contributed by atoms with Crippen LogP contribution >= 0.6 is 24.4 Å². The molecule has 43 heteroatoms. The number of aromatic nitrogens is 12. The van der Waals surface area contributed by atoms with E-state index in [1.807, 2.05) is 122 Å². The number of fused-ring (bicyclic) bond motifs is 6. The standard InChI is InChI=1S/C26H30N8O5S.C24H27N7O7.C23H26N8O6S/c1-2-27-25(37)33-23-20-24(31-13-30-23)34(14-32-20)17-10-16(11-28-26(40)29-12-18(35)36)21-22(17)39-19(38-21)9-8-15-6-4-3-5-7-15;1-2-25-24(35)30-20-17-21(28-11-27-20)31(12-29-17)22-19-18(37-23(38-19)13-6-4-3-5-7-13)14(36-22)10-26-15(32)8-9-16(33)34;1-2-24-22(34)30-18-15-19(28-10-27-18)31(11-29-15)20-17-16(36-21(37-17)12-6-4-3-5-7-12)13(35-20)8-25-23(38)26-9-14(32)33/h3-9,13-14,16-17,19,21-22H,2,10-12H2,1H3,(H,35,36)(H2,28,29,40)(H2,27,30,31,33,37);3-7,11-12,14,18-19,22-23H,2,8-10H2,1H3,(H,26,32)(H,33,34)(H2,25,27,28,30,35);3-7,10-11,13,16-17,20-21H,2,8-9H2,1H3,(H,32,33)(H2,25,26,38)(H2,24,27,28,30,34)/b9-8+;;/t16?,17?,19-,21?,22?;14?,18?,19?,22?,23-;13?,16?,17?,20?,21-/m000/s1. The minimum atomic E-state index is -1.05. The number of nitrogens with one attached hydrogen (secondary N) is 11. The Morgan fingerprint density at radius 1 is 0.440 bits per heavy atom. The number of anilines is 3. The average Bonchev–Trinajstić information content (AvgIpc) is 1.60. The highest BCUT2D eigenvalue weighted by molar-refractivity contribution is 7.80. The summed E-state index contributed by atoms with van der Waals surface area (Å²) in [5.74, 6) is -2.69. The molecule has 15 rings (SSSR count). The largest absolute Gasteiger partial charge is 0.481 e. The van der Waals surface area contributed by atoms with Crippen molar-refractivity contribution in [2.24, 2.45) is 5.92 Å². The zero-order chi connectivity index (χ0) is 81.4. The Morgan fingerprint density at radius 2 is 0.853 bits per heavy atom. The zero-order valence-electron chi connectivity index (χ0n) is 62.4. The first kappa shape index (κ1) is 81.8. The number of carbonyl (C=O) groups excluding carboxylic acids is 4. The van der Waals surface area contributed by atoms with Crippen molar-refractivity contribution in [3.8, 4) is 0 Å². The average molecular weight is 1630 g/mol. The second-order valence-corrected chi connectivity index (χ2v) is 27.4. The van der Waals surface area contributed by atoms with E-state index in [0.717, 1.165) is 16.7 Å². The van der Waals surface area contributed by atoms with Crippen LogP contribution in [0.5, 0.6) is 0 Å². The lowest BCUT2D eigenvalue weighted by molar-refractivity contribution is -0.148. The fraction of sp³-hybridized carbons (Fsp3) is 0.397. The quantitative estimate of drug-likeness (QED) is 0.0339. The maximum Gasteiger partial charge on any atom is 0.322 e. The number of aliphatic carboxylic acids is 3. The molecular weight excluding hydrogens is 1550 g/mol. The number of urea groups is 3. The van der Waals surface area contributed by atoms with Crippen LogP contribution in [0.4, 0.5) is 31.8 Å². The molecule has 14 N–H and O–H groups in total. The lowest BCUT2D eigenvalue weighted by Gasteiger charge is -2.22. The number of carbonyl (C=O) groups is 7. The Balaban J connectivity index is 0.000000151. The topological polar surface area (TPSA) is 517 Å². The molecule has 6 aliphatic rings. The molecule has 610 valence electrons. The summed E-state index contributed by atoms with van der Waals surface area (Å²) in [5.41, 5.74) is 5.34. The second kappa shape index (κ2) is 38.3. The molecule has 0 spiro atoms. The molecule has 0 radical (unpaired) electrons. The summed E-state index contributed by atoms with van der Waals surface area (Å²) in [5, 5.41) is 57.2. The fourth-order valence-corrected chi connectivity index (χ4v) is 14.1. The number of hydrogen-bond donors (Lipinski definition) is 14. The van der Waals surface area contributed by atoms with Gasteiger partial charge in [0.15, 0.2) is 92.5 Å². The van der Waals surface area contributed by atoms with Gasteiger partial charge in [0.1, 0.15) is 74.8 Å². The van der Waals surface area contributed by atoms with E-state index in [2.05, 4.69) is 103 Å². The smallest absolute Gasteiger partial charge is 0.322 e. The first-order chi connectivity index (χ1) is 56.3. The van der Waals surface area contributed by atoms with Gasteiger partial charge in [0.2, 0.25) is 5.91 Å². The van der Waals surface area contributed by atoms with Gasteiger partial charge in [-0.05, 0) is 63.3 Å². The molecule has 12 unspecified atom stereocenters. The van der Waals surface area contributed by atoms with Crippen LogP contribution in [0.3, 0.4) is 0 Å². The maximum absolute atomic E-state index is 12.2. The van der Waals surface area contributed by atoms with Gasteiger partial charge < -0.3 is 100 Å². The van der Waals surface area contributed by atoms with E-state index < -0.39 is 104 Å². The third-order valence-corrected chi connectivity index (χ3v) is 19.5. The Bertz CT molecular complexity index is 4820. The highest BCUT2D eigenvalue weighted by Gasteiger charge is 2.56. The SMILES string of the molecule is CCNC(=O)Nc1ncnc2c1ncn2C1CC(CNC(=S)NCC(=O)O)C2O[C@H](/C=C/c3ccccc3)OC21.CCNC(=O)Nc1ncnc2c1ncn2C1OC(CNC(=O)CCC(=O)O)C2O[C@H](c3ccccc3)OC21.CCNC(=O)Nc1ncnc2c1ncn2C1OC(CNC(=S)NCC(=O)O)C2O[C@H](c3ccccc3)OC21. The number of thiocarbonyl (C=S) groups is 2. The summed E-state index contributed by atoms with van der Waals surface area (Å²) in [6, 6.07) is 27.5. The first-order valence-corrected chi connectivity index (χ1v) is 37.8. The number of amides is 7. The number of rotatable bonds is 26. The van der Waals surface area contributed by atoms with Crippen molar-refractivity contribution >= 4 is 134 Å². The van der Waals surface area contributed by atoms with Gasteiger partial charge in [0.25, 0.3) is 0 Å². The minimum absolute atomic E-state index is 0.0121. The maximum atomic E-state index is 12.2. The van der Waals surface area contributed by atoms with Crippen molar-refractivity contribution in [3.05, 3.63) is 152 Å². The van der Waals surface area contributed by atoms with Crippen molar-refractivity contribution in [3.63, 3.8) is 0 Å². The van der Waals surface area contributed by atoms with E-state index in [9.17, 15) is 33.6 Å². The lowest BCUT2D eigenvalue weighted by atomic mass is 10.1. The fourth-order valence-electron chi connectivity index (χ4n) is 13.8. The Labute approximate surface area is 670 Å². The molecule has 11 heterocycles. The summed E-state index contributed by atoms with van der Waals surface area (Å²) >= 11 is 10.4. The van der Waals surface area contributed by atoms with E-state index in [4.69, 9.17) is 77.7 Å². The van der Waals surface area contributed by atoms with Crippen molar-refractivity contribution in [1.82, 2.24) is 101 Å². The summed E-state index contributed by atoms with van der Waals surface area (Å²) in [4.78, 5) is 120. The predicted octanol–water partition coefficient (Wildman–Crippen LogP) is 4.13. The molecule has 41 nitrogen and oxygen atoms in total. The molecule has 7 amide bonds. The van der Waals surface area contributed by atoms with Crippen molar-refractivity contribution in [2.45, 2.75) is 126 Å². The molecular formula is C73H83N23O18S2. The van der Waals surface area contributed by atoms with E-state index >= 15 is 0 Å². The number of carboxylic acid groups (broad SMARTS) is 3. The summed E-state index contributed by atoms with van der Waals surface area (Å²) in [6.45, 7) is 7.01. The van der Waals surface area contributed by atoms with Crippen LogP contribution in [-0.4, -0.2) is 233 Å². The van der Waals surface area contributed by atoms with Gasteiger partial charge in [-0.25, -0.2) is 59.2 Å². The van der Waals surface area contributed by atoms with Gasteiger partial charge in [-0.2, -0.15) is 0 Å². The molecule has 3 aromatic carbocycles. The Morgan fingerprint density at radius 3 is 1.30 bits per heavy atom. The molecule has 9 aromatic rings. The lowest BCUT2D eigenvalue weighted by Crippen LogP contribution is -2.44. The first-order valence-electron chi connectivity index (χ1n) is 37.0. The zero-order valence-corrected chi connectivity index (χ0v) is 64.0. The summed E-state index contributed by atoms with van der Waals surface area (Å²) < 4.78 is 55.9. The monoisotopic (exact) mass is 1630 g/mol. The minimum Gasteiger partial charge on any atom is -0.481 e. The summed E-state index contributed by atoms with van der Waals surface area (Å²) in [6.07, 6.45) is 5.86. The number of hydrogen-bond acceptors (Lipinski definition) is 26. The van der Waals surface area contributed by atoms with Crippen LogP contribution in [0, 0.1) is 5.92 Å². The van der Waals surface area contributed by atoms with Crippen molar-refractivity contribution in [1.29, 1.82) is 0 Å². The molecule has 6 aromatic heterocycles. The highest BCUT2D eigenvalue weighted by Crippen LogP contribution is 2.48. The van der Waals surface area contributed by atoms with Gasteiger partial charge in [-0.3, -0.25) is 44.3 Å². The number of carboxylic acids is 3. The van der Waals surface area contributed by atoms with Crippen molar-refractivity contribution in [2.75, 3.05) is 68.3 Å². The van der Waals surface area contributed by atoms with Gasteiger partial charge >= 0.3 is 36.0 Å². The van der Waals surface area contributed by atoms with Crippen LogP contribution in [0.2, 0.25) is 0 Å². The van der Waals surface area contributed by atoms with E-state index in [1.165, 1.54) is 25.3 Å². The van der Waals surface area contributed by atoms with E-state index in [0.29, 0.717) is 71.9 Å². The van der Waals surface area contributed by atoms with Crippen LogP contribution in [0.15, 0.2) is 135 Å². The van der Waals surface area contributed by atoms with Gasteiger partial charge in [0.05, 0.1) is 37.5 Å². The normalized spacial score (nSPS) is 24.0. The predicted molar refractivity (Wildman–Crippen MR) is 418 cm³/mol. The van der Waals surface area contributed by atoms with Gasteiger partial charge in [0, 0.05) is 62.7 Å². The van der Waals surface area contributed by atoms with Crippen LogP contribution in [0.25, 0.3) is 39.6 Å². The van der Waals surface area contributed by atoms with E-state index in [-0.39, 0.29) is 91.1 Å². The molecule has 5 aliphatic heterocycles. The molecule has 15 atom stereocenters. The number of ether oxygens (including phenoxy) is 8. The third kappa shape index (κ3) is 19.8. The van der Waals surface area contributed by atoms with Crippen LogP contribution < -0.4 is 58.5 Å².